The molecule has 2 amide bonds. The van der Waals surface area contributed by atoms with Crippen molar-refractivity contribution in [3.8, 4) is 11.1 Å². The lowest BCUT2D eigenvalue weighted by atomic mass is 9.98. The lowest BCUT2D eigenvalue weighted by molar-refractivity contribution is -0.114. The van der Waals surface area contributed by atoms with Crippen LogP contribution in [0, 0.1) is 5.82 Å². The molecule has 0 atom stereocenters. The van der Waals surface area contributed by atoms with Crippen LogP contribution in [0.4, 0.5) is 10.1 Å². The highest BCUT2D eigenvalue weighted by Gasteiger charge is 2.12. The topological polar surface area (TPSA) is 76.0 Å². The summed E-state index contributed by atoms with van der Waals surface area (Å²) in [5.41, 5.74) is 4.42. The van der Waals surface area contributed by atoms with Gasteiger partial charge in [0.05, 0.1) is 12.0 Å². The zero-order valence-corrected chi connectivity index (χ0v) is 18.1. The van der Waals surface area contributed by atoms with E-state index in [1.165, 1.54) is 25.1 Å². The molecule has 0 bridgehead atoms. The molecule has 1 heterocycles. The van der Waals surface area contributed by atoms with Crippen LogP contribution >= 0.6 is 0 Å². The highest BCUT2D eigenvalue weighted by atomic mass is 19.1. The zero-order valence-electron chi connectivity index (χ0n) is 18.1. The summed E-state index contributed by atoms with van der Waals surface area (Å²) in [6.45, 7) is 2.34. The number of imidazole rings is 1. The van der Waals surface area contributed by atoms with Gasteiger partial charge < -0.3 is 15.2 Å². The van der Waals surface area contributed by atoms with Crippen LogP contribution in [0.2, 0.25) is 0 Å². The molecule has 3 aromatic carbocycles. The molecule has 0 spiro atoms. The normalized spacial score (nSPS) is 10.6. The van der Waals surface area contributed by atoms with E-state index in [-0.39, 0.29) is 17.2 Å². The Bertz CT molecular complexity index is 1270. The number of anilines is 1. The van der Waals surface area contributed by atoms with Gasteiger partial charge in [0.2, 0.25) is 5.91 Å². The highest BCUT2D eigenvalue weighted by molar-refractivity contribution is 5.97. The summed E-state index contributed by atoms with van der Waals surface area (Å²) in [7, 11) is 0. The van der Waals surface area contributed by atoms with Gasteiger partial charge in [-0.2, -0.15) is 0 Å². The van der Waals surface area contributed by atoms with E-state index in [9.17, 15) is 14.0 Å². The quantitative estimate of drug-likeness (QED) is 0.438. The summed E-state index contributed by atoms with van der Waals surface area (Å²) in [4.78, 5) is 28.0. The van der Waals surface area contributed by atoms with Gasteiger partial charge in [-0.05, 0) is 40.5 Å². The maximum atomic E-state index is 13.9. The molecule has 4 aromatic rings. The fraction of sp³-hybridized carbons (Fsp3) is 0.115. The maximum Gasteiger partial charge on any atom is 0.251 e. The van der Waals surface area contributed by atoms with Gasteiger partial charge in [0.25, 0.3) is 5.91 Å². The van der Waals surface area contributed by atoms with Gasteiger partial charge in [0.15, 0.2) is 0 Å². The van der Waals surface area contributed by atoms with Crippen LogP contribution in [0.15, 0.2) is 85.5 Å². The fourth-order valence-electron chi connectivity index (χ4n) is 3.57. The van der Waals surface area contributed by atoms with Crippen molar-refractivity contribution in [3.63, 3.8) is 0 Å². The number of rotatable bonds is 7. The van der Waals surface area contributed by atoms with Crippen LogP contribution in [-0.2, 0) is 17.9 Å². The van der Waals surface area contributed by atoms with Crippen molar-refractivity contribution in [1.29, 1.82) is 0 Å². The first-order chi connectivity index (χ1) is 16.0. The Labute approximate surface area is 191 Å². The Hall–Kier alpha value is -4.26. The predicted octanol–water partition coefficient (Wildman–Crippen LogP) is 4.63. The van der Waals surface area contributed by atoms with Gasteiger partial charge in [-0.3, -0.25) is 9.59 Å². The second-order valence-electron chi connectivity index (χ2n) is 7.65. The number of carbonyl (C=O) groups excluding carboxylic acids is 2. The molecule has 2 N–H and O–H groups in total. The first-order valence-corrected chi connectivity index (χ1v) is 10.5. The third kappa shape index (κ3) is 5.51. The number of hydrogen-bond donors (Lipinski definition) is 2. The van der Waals surface area contributed by atoms with E-state index in [2.05, 4.69) is 39.9 Å². The van der Waals surface area contributed by atoms with E-state index < -0.39 is 11.7 Å². The van der Waals surface area contributed by atoms with Gasteiger partial charge in [0, 0.05) is 38.0 Å². The first kappa shape index (κ1) is 22.0. The summed E-state index contributed by atoms with van der Waals surface area (Å²) >= 11 is 0. The third-order valence-corrected chi connectivity index (χ3v) is 5.19. The molecule has 4 rings (SSSR count). The van der Waals surface area contributed by atoms with E-state index in [1.54, 1.807) is 12.5 Å². The second kappa shape index (κ2) is 9.91. The Morgan fingerprint density at radius 2 is 1.82 bits per heavy atom. The number of benzene rings is 3. The van der Waals surface area contributed by atoms with Crippen molar-refractivity contribution in [1.82, 2.24) is 14.9 Å². The van der Waals surface area contributed by atoms with Crippen molar-refractivity contribution in [3.05, 3.63) is 108 Å². The standard InChI is InChI=1S/C26H23FN4O2/c1-18(32)30-25-14-21(10-11-24(25)27)26(33)29-15-22-4-2-3-5-23(22)20-8-6-19(7-9-20)16-31-13-12-28-17-31/h2-14,17H,15-16H2,1H3,(H,29,33)(H,30,32). The van der Waals surface area contributed by atoms with Gasteiger partial charge in [-0.25, -0.2) is 9.37 Å². The number of amides is 2. The molecule has 33 heavy (non-hydrogen) atoms. The Kier molecular flexibility index (Phi) is 6.59. The van der Waals surface area contributed by atoms with E-state index in [4.69, 9.17) is 0 Å². The molecule has 0 fully saturated rings. The summed E-state index contributed by atoms with van der Waals surface area (Å²) in [5.74, 6) is -1.35. The van der Waals surface area contributed by atoms with Gasteiger partial charge in [0.1, 0.15) is 5.82 Å². The largest absolute Gasteiger partial charge is 0.348 e. The SMILES string of the molecule is CC(=O)Nc1cc(C(=O)NCc2ccccc2-c2ccc(Cn3ccnc3)cc2)ccc1F. The average molecular weight is 442 g/mol. The minimum Gasteiger partial charge on any atom is -0.348 e. The van der Waals surface area contributed by atoms with E-state index in [0.717, 1.165) is 28.8 Å². The summed E-state index contributed by atoms with van der Waals surface area (Å²) < 4.78 is 15.9. The molecular formula is C26H23FN4O2. The Balaban J connectivity index is 1.47. The number of aromatic nitrogens is 2. The first-order valence-electron chi connectivity index (χ1n) is 10.5. The van der Waals surface area contributed by atoms with Gasteiger partial charge in [-0.1, -0.05) is 48.5 Å². The average Bonchev–Trinajstić information content (AvgIpc) is 3.32. The molecule has 0 radical (unpaired) electrons. The van der Waals surface area contributed by atoms with Crippen LogP contribution in [0.5, 0.6) is 0 Å². The van der Waals surface area contributed by atoms with E-state index in [0.29, 0.717) is 6.54 Å². The van der Waals surface area contributed by atoms with Crippen LogP contribution in [0.3, 0.4) is 0 Å². The van der Waals surface area contributed by atoms with Crippen LogP contribution in [0.1, 0.15) is 28.4 Å². The second-order valence-corrected chi connectivity index (χ2v) is 7.65. The number of nitrogens with one attached hydrogen (secondary N) is 2. The summed E-state index contributed by atoms with van der Waals surface area (Å²) in [6, 6.07) is 20.0. The predicted molar refractivity (Wildman–Crippen MR) is 125 cm³/mol. The molecule has 6 nitrogen and oxygen atoms in total. The Morgan fingerprint density at radius 1 is 1.03 bits per heavy atom. The van der Waals surface area contributed by atoms with Gasteiger partial charge in [-0.15, -0.1) is 0 Å². The molecule has 0 unspecified atom stereocenters. The summed E-state index contributed by atoms with van der Waals surface area (Å²) in [5, 5.41) is 5.27. The maximum absolute atomic E-state index is 13.9. The molecule has 0 aliphatic carbocycles. The van der Waals surface area contributed by atoms with Crippen molar-refractivity contribution in [2.24, 2.45) is 0 Å². The lowest BCUT2D eigenvalue weighted by Gasteiger charge is -2.12. The Morgan fingerprint density at radius 3 is 2.55 bits per heavy atom. The van der Waals surface area contributed by atoms with Crippen molar-refractivity contribution in [2.75, 3.05) is 5.32 Å². The molecule has 166 valence electrons. The van der Waals surface area contributed by atoms with Crippen molar-refractivity contribution >= 4 is 17.5 Å². The minimum atomic E-state index is -0.594. The fourth-order valence-corrected chi connectivity index (χ4v) is 3.57. The molecule has 0 aliphatic rings. The number of carbonyl (C=O) groups is 2. The monoisotopic (exact) mass is 442 g/mol. The van der Waals surface area contributed by atoms with Gasteiger partial charge >= 0.3 is 0 Å². The molecule has 0 saturated carbocycles. The van der Waals surface area contributed by atoms with Crippen LogP contribution < -0.4 is 10.6 Å². The molecule has 1 aromatic heterocycles. The molecular weight excluding hydrogens is 419 g/mol. The smallest absolute Gasteiger partial charge is 0.251 e. The molecule has 7 heteroatoms. The third-order valence-electron chi connectivity index (χ3n) is 5.19. The summed E-state index contributed by atoms with van der Waals surface area (Å²) in [6.07, 6.45) is 5.46. The number of hydrogen-bond acceptors (Lipinski definition) is 3. The number of nitrogens with zero attached hydrogens (tertiary/aromatic N) is 2. The molecule has 0 saturated heterocycles. The van der Waals surface area contributed by atoms with Crippen LogP contribution in [0.25, 0.3) is 11.1 Å². The van der Waals surface area contributed by atoms with Crippen molar-refractivity contribution < 1.29 is 14.0 Å². The minimum absolute atomic E-state index is 0.0219. The lowest BCUT2D eigenvalue weighted by Crippen LogP contribution is -2.23. The van der Waals surface area contributed by atoms with E-state index in [1.807, 2.05) is 35.0 Å². The molecule has 0 aliphatic heterocycles. The van der Waals surface area contributed by atoms with Crippen molar-refractivity contribution in [2.45, 2.75) is 20.0 Å². The van der Waals surface area contributed by atoms with Crippen LogP contribution in [-0.4, -0.2) is 21.4 Å². The zero-order chi connectivity index (χ0) is 23.2. The van der Waals surface area contributed by atoms with E-state index >= 15 is 0 Å². The highest BCUT2D eigenvalue weighted by Crippen LogP contribution is 2.24. The number of halogens is 1.